The molecule has 5 heterocycles. The zero-order valence-electron chi connectivity index (χ0n) is 22.3. The highest BCUT2D eigenvalue weighted by Crippen LogP contribution is 2.41. The van der Waals surface area contributed by atoms with E-state index in [9.17, 15) is 18.0 Å². The zero-order valence-corrected chi connectivity index (χ0v) is 22.3. The van der Waals surface area contributed by atoms with E-state index in [4.69, 9.17) is 9.47 Å². The van der Waals surface area contributed by atoms with Crippen LogP contribution in [0.1, 0.15) is 27.2 Å². The largest absolute Gasteiger partial charge is 0.481 e. The minimum absolute atomic E-state index is 0.0695. The van der Waals surface area contributed by atoms with Crippen molar-refractivity contribution in [2.45, 2.75) is 19.1 Å². The lowest BCUT2D eigenvalue weighted by Crippen LogP contribution is -2.38. The Morgan fingerprint density at radius 3 is 2.56 bits per heavy atom. The number of halogens is 3. The SMILES string of the molecule is COc1cc2c(N3CCc4c(cc(Cn5ccnc5)cc4-c4cn(C)nc4C(F)(F)F)C3=O)ccnc2c(OC)n1. The summed E-state index contributed by atoms with van der Waals surface area (Å²) in [6, 6.07) is 6.83. The molecule has 4 aromatic heterocycles. The number of nitrogens with zero attached hydrogens (tertiary/aromatic N) is 7. The van der Waals surface area contributed by atoms with Gasteiger partial charge < -0.3 is 18.9 Å². The number of benzene rings is 1. The summed E-state index contributed by atoms with van der Waals surface area (Å²) >= 11 is 0. The van der Waals surface area contributed by atoms with E-state index in [1.165, 1.54) is 27.5 Å². The fourth-order valence-corrected chi connectivity index (χ4v) is 5.28. The molecule has 0 bridgehead atoms. The van der Waals surface area contributed by atoms with E-state index in [1.54, 1.807) is 58.7 Å². The molecule has 0 unspecified atom stereocenters. The quantitative estimate of drug-likeness (QED) is 0.300. The molecule has 0 saturated carbocycles. The van der Waals surface area contributed by atoms with Gasteiger partial charge in [0.25, 0.3) is 5.91 Å². The summed E-state index contributed by atoms with van der Waals surface area (Å²) in [7, 11) is 4.39. The third kappa shape index (κ3) is 4.62. The second-order valence-electron chi connectivity index (χ2n) is 9.57. The van der Waals surface area contributed by atoms with Gasteiger partial charge >= 0.3 is 6.18 Å². The molecule has 1 aliphatic rings. The molecular weight excluding hydrogens is 539 g/mol. The van der Waals surface area contributed by atoms with Crippen molar-refractivity contribution < 1.29 is 27.4 Å². The van der Waals surface area contributed by atoms with Crippen molar-refractivity contribution in [2.75, 3.05) is 25.7 Å². The molecule has 10 nitrogen and oxygen atoms in total. The van der Waals surface area contributed by atoms with Crippen LogP contribution < -0.4 is 14.4 Å². The van der Waals surface area contributed by atoms with Gasteiger partial charge in [-0.05, 0) is 41.3 Å². The van der Waals surface area contributed by atoms with Crippen molar-refractivity contribution in [2.24, 2.45) is 7.05 Å². The molecule has 0 N–H and O–H groups in total. The first-order valence-corrected chi connectivity index (χ1v) is 12.6. The summed E-state index contributed by atoms with van der Waals surface area (Å²) in [4.78, 5) is 28.5. The highest BCUT2D eigenvalue weighted by Gasteiger charge is 2.39. The predicted octanol–water partition coefficient (Wildman–Crippen LogP) is 4.51. The lowest BCUT2D eigenvalue weighted by atomic mass is 9.88. The second-order valence-corrected chi connectivity index (χ2v) is 9.57. The number of pyridine rings is 2. The first kappa shape index (κ1) is 26.3. The second kappa shape index (κ2) is 9.91. The highest BCUT2D eigenvalue weighted by atomic mass is 19.4. The number of fused-ring (bicyclic) bond motifs is 2. The average Bonchev–Trinajstić information content (AvgIpc) is 3.62. The van der Waals surface area contributed by atoms with Gasteiger partial charge in [-0.15, -0.1) is 0 Å². The van der Waals surface area contributed by atoms with E-state index in [1.807, 2.05) is 0 Å². The Morgan fingerprint density at radius 2 is 1.85 bits per heavy atom. The van der Waals surface area contributed by atoms with Crippen molar-refractivity contribution in [1.82, 2.24) is 29.3 Å². The molecule has 0 fully saturated rings. The number of rotatable bonds is 6. The Morgan fingerprint density at radius 1 is 1.05 bits per heavy atom. The topological polar surface area (TPSA) is 100 Å². The zero-order chi connectivity index (χ0) is 28.9. The lowest BCUT2D eigenvalue weighted by molar-refractivity contribution is -0.140. The van der Waals surface area contributed by atoms with Crippen molar-refractivity contribution in [1.29, 1.82) is 0 Å². The Hall–Kier alpha value is -4.94. The van der Waals surface area contributed by atoms with Gasteiger partial charge in [-0.3, -0.25) is 14.5 Å². The Balaban J connectivity index is 1.52. The molecule has 210 valence electrons. The lowest BCUT2D eigenvalue weighted by Gasteiger charge is -2.31. The van der Waals surface area contributed by atoms with Gasteiger partial charge in [-0.2, -0.15) is 23.3 Å². The van der Waals surface area contributed by atoms with E-state index in [2.05, 4.69) is 20.1 Å². The molecule has 41 heavy (non-hydrogen) atoms. The number of alkyl halides is 3. The average molecular weight is 564 g/mol. The van der Waals surface area contributed by atoms with Gasteiger partial charge in [0.05, 0.1) is 26.2 Å². The highest BCUT2D eigenvalue weighted by molar-refractivity contribution is 6.13. The van der Waals surface area contributed by atoms with Crippen LogP contribution >= 0.6 is 0 Å². The fraction of sp³-hybridized carbons (Fsp3) is 0.250. The monoisotopic (exact) mass is 563 g/mol. The Labute approximate surface area is 232 Å². The van der Waals surface area contributed by atoms with Crippen LogP contribution in [-0.4, -0.2) is 56.0 Å². The molecule has 0 radical (unpaired) electrons. The van der Waals surface area contributed by atoms with Crippen LogP contribution in [0.5, 0.6) is 11.8 Å². The van der Waals surface area contributed by atoms with Gasteiger partial charge in [0.2, 0.25) is 11.8 Å². The first-order valence-electron chi connectivity index (χ1n) is 12.6. The molecule has 13 heteroatoms. The maximum Gasteiger partial charge on any atom is 0.435 e. The minimum Gasteiger partial charge on any atom is -0.481 e. The van der Waals surface area contributed by atoms with Crippen molar-refractivity contribution in [3.05, 3.63) is 77.8 Å². The molecule has 1 aromatic carbocycles. The normalized spacial score (nSPS) is 13.5. The summed E-state index contributed by atoms with van der Waals surface area (Å²) in [6.07, 6.45) is 3.52. The van der Waals surface area contributed by atoms with Gasteiger partial charge in [-0.1, -0.05) is 0 Å². The third-order valence-corrected chi connectivity index (χ3v) is 7.03. The minimum atomic E-state index is -4.67. The molecule has 6 rings (SSSR count). The number of aromatic nitrogens is 6. The van der Waals surface area contributed by atoms with Crippen LogP contribution in [-0.2, 0) is 26.2 Å². The maximum absolute atomic E-state index is 14.2. The van der Waals surface area contributed by atoms with Gasteiger partial charge in [-0.25, -0.2) is 4.98 Å². The number of amides is 1. The van der Waals surface area contributed by atoms with E-state index >= 15 is 0 Å². The van der Waals surface area contributed by atoms with E-state index in [0.717, 1.165) is 4.68 Å². The number of aryl methyl sites for hydroxylation is 1. The van der Waals surface area contributed by atoms with Crippen LogP contribution in [0.4, 0.5) is 18.9 Å². The van der Waals surface area contributed by atoms with Crippen molar-refractivity contribution >= 4 is 22.5 Å². The summed E-state index contributed by atoms with van der Waals surface area (Å²) in [5, 5.41) is 4.30. The van der Waals surface area contributed by atoms with Crippen LogP contribution in [0.25, 0.3) is 22.0 Å². The number of methoxy groups -OCH3 is 2. The molecule has 0 atom stereocenters. The van der Waals surface area contributed by atoms with E-state index < -0.39 is 11.9 Å². The van der Waals surface area contributed by atoms with Gasteiger partial charge in [0, 0.05) is 67.5 Å². The number of imidazole rings is 1. The van der Waals surface area contributed by atoms with Gasteiger partial charge in [0.15, 0.2) is 5.69 Å². The summed E-state index contributed by atoms with van der Waals surface area (Å²) in [5.41, 5.74) is 1.78. The summed E-state index contributed by atoms with van der Waals surface area (Å²) < 4.78 is 55.7. The Bertz CT molecular complexity index is 1780. The van der Waals surface area contributed by atoms with Crippen molar-refractivity contribution in [3.8, 4) is 22.9 Å². The molecule has 0 spiro atoms. The maximum atomic E-state index is 14.2. The molecule has 1 aliphatic heterocycles. The third-order valence-electron chi connectivity index (χ3n) is 7.03. The number of carbonyl (C=O) groups excluding carboxylic acids is 1. The Kier molecular flexibility index (Phi) is 6.36. The van der Waals surface area contributed by atoms with E-state index in [0.29, 0.717) is 51.8 Å². The summed E-state index contributed by atoms with van der Waals surface area (Å²) in [5.74, 6) is 0.182. The van der Waals surface area contributed by atoms with Crippen LogP contribution in [0.2, 0.25) is 0 Å². The van der Waals surface area contributed by atoms with E-state index in [-0.39, 0.29) is 29.8 Å². The molecular formula is C28H24F3N7O3. The standard InChI is InChI=1S/C28H24F3N7O3/c1-36-14-21(25(35-36)28(29,30)31)18-10-16(13-37-9-7-32-15-37)11-19-17(18)5-8-38(27(19)39)22-4-6-33-24-20(22)12-23(40-2)34-26(24)41-3/h4,6-7,9-12,14-15H,5,8,13H2,1-3H3. The van der Waals surface area contributed by atoms with Crippen LogP contribution in [0.3, 0.4) is 0 Å². The smallest absolute Gasteiger partial charge is 0.435 e. The predicted molar refractivity (Wildman–Crippen MR) is 143 cm³/mol. The summed E-state index contributed by atoms with van der Waals surface area (Å²) in [6.45, 7) is 0.542. The molecule has 0 saturated heterocycles. The van der Waals surface area contributed by atoms with Gasteiger partial charge in [0.1, 0.15) is 5.52 Å². The number of hydrogen-bond acceptors (Lipinski definition) is 7. The fourth-order valence-electron chi connectivity index (χ4n) is 5.28. The number of carbonyl (C=O) groups is 1. The number of anilines is 1. The van der Waals surface area contributed by atoms with Crippen LogP contribution in [0.15, 0.2) is 55.4 Å². The number of hydrogen-bond donors (Lipinski definition) is 0. The number of ether oxygens (including phenoxy) is 2. The molecule has 5 aromatic rings. The molecule has 1 amide bonds. The first-order chi connectivity index (χ1) is 19.7. The van der Waals surface area contributed by atoms with Crippen molar-refractivity contribution in [3.63, 3.8) is 0 Å². The van der Waals surface area contributed by atoms with Crippen LogP contribution in [0, 0.1) is 0 Å². The molecule has 0 aliphatic carbocycles.